The second-order valence-corrected chi connectivity index (χ2v) is 8.49. The smallest absolute Gasteiger partial charge is 0.283 e. The number of unbranched alkanes of at least 4 members (excludes halogenated alkanes) is 1. The van der Waals surface area contributed by atoms with Crippen molar-refractivity contribution >= 4 is 27.8 Å². The molecule has 0 bridgehead atoms. The zero-order chi connectivity index (χ0) is 20.2. The number of hydrogen-bond donors (Lipinski definition) is 0. The molecule has 2 heterocycles. The fraction of sp³-hybridized carbons (Fsp3) is 0.435. The molecule has 0 atom stereocenters. The zero-order valence-electron chi connectivity index (χ0n) is 17.1. The third kappa shape index (κ3) is 4.13. The summed E-state index contributed by atoms with van der Waals surface area (Å²) in [6.07, 6.45) is 8.93. The SMILES string of the molecule is CCCCOc1ccc(/C=N/n2c(CC)nc3sc4c(c3c2=O)CCCC4)cc1. The van der Waals surface area contributed by atoms with Crippen molar-refractivity contribution in [3.8, 4) is 5.75 Å². The number of ether oxygens (including phenoxy) is 1. The van der Waals surface area contributed by atoms with Gasteiger partial charge < -0.3 is 4.74 Å². The molecule has 5 nitrogen and oxygen atoms in total. The van der Waals surface area contributed by atoms with Crippen molar-refractivity contribution in [1.29, 1.82) is 0 Å². The quantitative estimate of drug-likeness (QED) is 0.409. The third-order valence-electron chi connectivity index (χ3n) is 5.32. The predicted octanol–water partition coefficient (Wildman–Crippen LogP) is 4.96. The van der Waals surface area contributed by atoms with Gasteiger partial charge in [-0.05, 0) is 67.5 Å². The number of hydrogen-bond acceptors (Lipinski definition) is 5. The van der Waals surface area contributed by atoms with Gasteiger partial charge in [-0.1, -0.05) is 20.3 Å². The highest BCUT2D eigenvalue weighted by atomic mass is 32.1. The third-order valence-corrected chi connectivity index (χ3v) is 6.50. The van der Waals surface area contributed by atoms with E-state index in [1.807, 2.05) is 31.2 Å². The van der Waals surface area contributed by atoms with E-state index in [-0.39, 0.29) is 5.56 Å². The number of nitrogens with zero attached hydrogens (tertiary/aromatic N) is 3. The summed E-state index contributed by atoms with van der Waals surface area (Å²) in [4.78, 5) is 20.2. The Morgan fingerprint density at radius 3 is 2.76 bits per heavy atom. The molecule has 2 aromatic heterocycles. The van der Waals surface area contributed by atoms with E-state index < -0.39 is 0 Å². The summed E-state index contributed by atoms with van der Waals surface area (Å²) in [7, 11) is 0. The topological polar surface area (TPSA) is 56.5 Å². The average Bonchev–Trinajstić information content (AvgIpc) is 3.12. The standard InChI is InChI=1S/C23H27N3O2S/c1-3-5-14-28-17-12-10-16(11-13-17)15-24-26-20(4-2)25-22-21(23(26)27)18-8-6-7-9-19(18)29-22/h10-13,15H,3-9,14H2,1-2H3/b24-15+. The van der Waals surface area contributed by atoms with Crippen molar-refractivity contribution in [1.82, 2.24) is 9.66 Å². The molecule has 152 valence electrons. The van der Waals surface area contributed by atoms with Gasteiger partial charge in [0.2, 0.25) is 0 Å². The molecule has 0 aliphatic heterocycles. The second kappa shape index (κ2) is 8.91. The van der Waals surface area contributed by atoms with E-state index in [1.54, 1.807) is 17.6 Å². The number of fused-ring (bicyclic) bond motifs is 3. The van der Waals surface area contributed by atoms with Gasteiger partial charge in [-0.15, -0.1) is 11.3 Å². The number of aromatic nitrogens is 2. The van der Waals surface area contributed by atoms with E-state index >= 15 is 0 Å². The van der Waals surface area contributed by atoms with Crippen molar-refractivity contribution in [2.45, 2.75) is 58.8 Å². The van der Waals surface area contributed by atoms with Crippen LogP contribution in [0, 0.1) is 0 Å². The first-order valence-corrected chi connectivity index (χ1v) is 11.4. The summed E-state index contributed by atoms with van der Waals surface area (Å²) in [5, 5.41) is 5.29. The van der Waals surface area contributed by atoms with Crippen molar-refractivity contribution in [2.24, 2.45) is 5.10 Å². The lowest BCUT2D eigenvalue weighted by molar-refractivity contribution is 0.309. The Hall–Kier alpha value is -2.47. The molecule has 29 heavy (non-hydrogen) atoms. The molecule has 0 unspecified atom stereocenters. The van der Waals surface area contributed by atoms with Crippen molar-refractivity contribution < 1.29 is 4.74 Å². The minimum Gasteiger partial charge on any atom is -0.494 e. The van der Waals surface area contributed by atoms with Crippen LogP contribution in [0.2, 0.25) is 0 Å². The fourth-order valence-corrected chi connectivity index (χ4v) is 4.97. The second-order valence-electron chi connectivity index (χ2n) is 7.41. The van der Waals surface area contributed by atoms with Crippen molar-refractivity contribution in [3.05, 3.63) is 56.4 Å². The van der Waals surface area contributed by atoms with Crippen molar-refractivity contribution in [3.63, 3.8) is 0 Å². The molecule has 0 saturated heterocycles. The fourth-order valence-electron chi connectivity index (χ4n) is 3.70. The molecular formula is C23H27N3O2S. The highest BCUT2D eigenvalue weighted by molar-refractivity contribution is 7.18. The first kappa shape index (κ1) is 19.8. The van der Waals surface area contributed by atoms with Crippen LogP contribution >= 0.6 is 11.3 Å². The summed E-state index contributed by atoms with van der Waals surface area (Å²) >= 11 is 1.69. The van der Waals surface area contributed by atoms with Crippen LogP contribution in [0.3, 0.4) is 0 Å². The summed E-state index contributed by atoms with van der Waals surface area (Å²) in [5.74, 6) is 1.56. The molecule has 0 fully saturated rings. The van der Waals surface area contributed by atoms with Crippen LogP contribution in [0.5, 0.6) is 5.75 Å². The molecule has 1 aliphatic carbocycles. The van der Waals surface area contributed by atoms with Gasteiger partial charge >= 0.3 is 0 Å². The maximum atomic E-state index is 13.3. The zero-order valence-corrected chi connectivity index (χ0v) is 17.9. The summed E-state index contributed by atoms with van der Waals surface area (Å²) in [6.45, 7) is 4.89. The monoisotopic (exact) mass is 409 g/mol. The Morgan fingerprint density at radius 1 is 1.21 bits per heavy atom. The molecule has 0 amide bonds. The molecule has 4 rings (SSSR count). The normalized spacial score (nSPS) is 13.9. The largest absolute Gasteiger partial charge is 0.494 e. The maximum absolute atomic E-state index is 13.3. The van der Waals surface area contributed by atoms with Crippen LogP contribution in [0.15, 0.2) is 34.2 Å². The van der Waals surface area contributed by atoms with Crippen LogP contribution < -0.4 is 10.3 Å². The lowest BCUT2D eigenvalue weighted by atomic mass is 9.97. The van der Waals surface area contributed by atoms with Gasteiger partial charge in [0, 0.05) is 11.3 Å². The highest BCUT2D eigenvalue weighted by Gasteiger charge is 2.21. The van der Waals surface area contributed by atoms with Gasteiger partial charge in [-0.25, -0.2) is 4.98 Å². The lowest BCUT2D eigenvalue weighted by Crippen LogP contribution is -2.22. The van der Waals surface area contributed by atoms with Crippen LogP contribution in [0.1, 0.15) is 61.4 Å². The number of aryl methyl sites for hydroxylation is 3. The van der Waals surface area contributed by atoms with Gasteiger partial charge in [0.05, 0.1) is 18.2 Å². The predicted molar refractivity (Wildman–Crippen MR) is 120 cm³/mol. The molecule has 0 N–H and O–H groups in total. The summed E-state index contributed by atoms with van der Waals surface area (Å²) < 4.78 is 7.19. The van der Waals surface area contributed by atoms with Gasteiger partial charge in [0.1, 0.15) is 16.4 Å². The molecule has 0 spiro atoms. The summed E-state index contributed by atoms with van der Waals surface area (Å²) in [6, 6.07) is 7.80. The molecule has 1 aromatic carbocycles. The Kier molecular flexibility index (Phi) is 6.09. The Balaban J connectivity index is 1.64. The lowest BCUT2D eigenvalue weighted by Gasteiger charge is -2.10. The van der Waals surface area contributed by atoms with Gasteiger partial charge in [0.25, 0.3) is 5.56 Å². The minimum absolute atomic E-state index is 0.0398. The van der Waals surface area contributed by atoms with Crippen LogP contribution in [-0.2, 0) is 19.3 Å². The first-order valence-electron chi connectivity index (χ1n) is 10.5. The van der Waals surface area contributed by atoms with E-state index in [0.717, 1.165) is 60.2 Å². The average molecular weight is 410 g/mol. The maximum Gasteiger partial charge on any atom is 0.283 e. The molecule has 0 saturated carbocycles. The highest BCUT2D eigenvalue weighted by Crippen LogP contribution is 2.33. The minimum atomic E-state index is -0.0398. The van der Waals surface area contributed by atoms with E-state index in [4.69, 9.17) is 9.72 Å². The molecule has 6 heteroatoms. The number of rotatable bonds is 7. The van der Waals surface area contributed by atoms with Gasteiger partial charge in [-0.2, -0.15) is 9.78 Å². The Morgan fingerprint density at radius 2 is 2.00 bits per heavy atom. The molecule has 1 aliphatic rings. The van der Waals surface area contributed by atoms with Gasteiger partial charge in [0.15, 0.2) is 0 Å². The van der Waals surface area contributed by atoms with Crippen LogP contribution in [0.4, 0.5) is 0 Å². The Bertz CT molecular complexity index is 1080. The number of benzene rings is 1. The van der Waals surface area contributed by atoms with E-state index in [1.165, 1.54) is 21.5 Å². The molecule has 0 radical (unpaired) electrons. The van der Waals surface area contributed by atoms with E-state index in [2.05, 4.69) is 12.0 Å². The van der Waals surface area contributed by atoms with Crippen LogP contribution in [-0.4, -0.2) is 22.5 Å². The Labute approximate surface area is 175 Å². The van der Waals surface area contributed by atoms with Crippen LogP contribution in [0.25, 0.3) is 10.2 Å². The first-order chi connectivity index (χ1) is 14.2. The molecule has 3 aromatic rings. The molecular weight excluding hydrogens is 382 g/mol. The van der Waals surface area contributed by atoms with Crippen molar-refractivity contribution in [2.75, 3.05) is 6.61 Å². The van der Waals surface area contributed by atoms with E-state index in [0.29, 0.717) is 12.2 Å². The van der Waals surface area contributed by atoms with E-state index in [9.17, 15) is 4.79 Å². The summed E-state index contributed by atoms with van der Waals surface area (Å²) in [5.41, 5.74) is 2.09. The van der Waals surface area contributed by atoms with Gasteiger partial charge in [-0.3, -0.25) is 4.79 Å². The number of thiophene rings is 1.